The van der Waals surface area contributed by atoms with E-state index in [0.717, 1.165) is 0 Å². The van der Waals surface area contributed by atoms with Gasteiger partial charge in [-0.1, -0.05) is 0 Å². The molecule has 0 unspecified atom stereocenters. The molecule has 1 amide bonds. The van der Waals surface area contributed by atoms with E-state index < -0.39 is 5.91 Å². The van der Waals surface area contributed by atoms with Crippen LogP contribution in [0.4, 0.5) is 5.95 Å². The van der Waals surface area contributed by atoms with Gasteiger partial charge in [0.05, 0.1) is 0 Å². The average molecular weight is 193 g/mol. The molecule has 0 atom stereocenters. The minimum absolute atomic E-state index is 0.0204. The average Bonchev–Trinajstić information content (AvgIpc) is 2.77. The molecule has 14 heavy (non-hydrogen) atoms. The molecule has 2 aromatic heterocycles. The number of imidazole rings is 1. The second kappa shape index (κ2) is 3.24. The van der Waals surface area contributed by atoms with Crippen molar-refractivity contribution < 1.29 is 4.79 Å². The molecular formula is C6H7N7O. The van der Waals surface area contributed by atoms with Crippen molar-refractivity contribution in [3.05, 3.63) is 18.2 Å². The SMILES string of the molecule is Cn1ccnc1NC(=O)c1nn[nH]n1. The first kappa shape index (κ1) is 8.35. The number of aromatic nitrogens is 6. The highest BCUT2D eigenvalue weighted by molar-refractivity contribution is 6.00. The maximum atomic E-state index is 11.4. The number of rotatable bonds is 2. The van der Waals surface area contributed by atoms with Gasteiger partial charge in [0.2, 0.25) is 5.95 Å². The van der Waals surface area contributed by atoms with Crippen LogP contribution >= 0.6 is 0 Å². The highest BCUT2D eigenvalue weighted by Gasteiger charge is 2.12. The van der Waals surface area contributed by atoms with Crippen molar-refractivity contribution in [2.24, 2.45) is 7.05 Å². The molecule has 0 aliphatic rings. The van der Waals surface area contributed by atoms with Crippen molar-refractivity contribution in [2.45, 2.75) is 0 Å². The Balaban J connectivity index is 2.13. The van der Waals surface area contributed by atoms with E-state index in [0.29, 0.717) is 5.95 Å². The summed E-state index contributed by atoms with van der Waals surface area (Å²) < 4.78 is 1.66. The fourth-order valence-electron chi connectivity index (χ4n) is 0.901. The van der Waals surface area contributed by atoms with Gasteiger partial charge in [-0.05, 0) is 5.21 Å². The van der Waals surface area contributed by atoms with Crippen LogP contribution in [0.1, 0.15) is 10.6 Å². The van der Waals surface area contributed by atoms with Crippen LogP contribution in [0.2, 0.25) is 0 Å². The van der Waals surface area contributed by atoms with Crippen LogP contribution in [0.25, 0.3) is 0 Å². The first-order valence-corrected chi connectivity index (χ1v) is 3.79. The number of amides is 1. The molecule has 0 aliphatic carbocycles. The van der Waals surface area contributed by atoms with Gasteiger partial charge < -0.3 is 4.57 Å². The minimum Gasteiger partial charge on any atom is -0.320 e. The van der Waals surface area contributed by atoms with E-state index in [1.54, 1.807) is 24.0 Å². The quantitative estimate of drug-likeness (QED) is 0.649. The van der Waals surface area contributed by atoms with E-state index in [9.17, 15) is 4.79 Å². The number of carbonyl (C=O) groups excluding carboxylic acids is 1. The van der Waals surface area contributed by atoms with Crippen molar-refractivity contribution >= 4 is 11.9 Å². The van der Waals surface area contributed by atoms with E-state index >= 15 is 0 Å². The lowest BCUT2D eigenvalue weighted by Crippen LogP contribution is -2.16. The Hall–Kier alpha value is -2.25. The first-order valence-electron chi connectivity index (χ1n) is 3.79. The summed E-state index contributed by atoms with van der Waals surface area (Å²) in [5.74, 6) is -0.0409. The van der Waals surface area contributed by atoms with Gasteiger partial charge in [-0.3, -0.25) is 10.1 Å². The summed E-state index contributed by atoms with van der Waals surface area (Å²) in [7, 11) is 1.76. The van der Waals surface area contributed by atoms with E-state index in [2.05, 4.69) is 30.9 Å². The molecular weight excluding hydrogens is 186 g/mol. The van der Waals surface area contributed by atoms with Crippen LogP contribution in [0, 0.1) is 0 Å². The molecule has 2 rings (SSSR count). The third kappa shape index (κ3) is 1.44. The maximum Gasteiger partial charge on any atom is 0.299 e. The Morgan fingerprint density at radius 1 is 1.64 bits per heavy atom. The Kier molecular flexibility index (Phi) is 1.94. The third-order valence-electron chi connectivity index (χ3n) is 1.59. The van der Waals surface area contributed by atoms with Gasteiger partial charge in [0.1, 0.15) is 0 Å². The molecule has 0 bridgehead atoms. The molecule has 0 saturated carbocycles. The van der Waals surface area contributed by atoms with Crippen LogP contribution in [0.15, 0.2) is 12.4 Å². The lowest BCUT2D eigenvalue weighted by atomic mass is 10.6. The Morgan fingerprint density at radius 3 is 3.07 bits per heavy atom. The number of nitrogens with one attached hydrogen (secondary N) is 2. The largest absolute Gasteiger partial charge is 0.320 e. The number of aryl methyl sites for hydroxylation is 1. The van der Waals surface area contributed by atoms with Crippen LogP contribution < -0.4 is 5.32 Å². The van der Waals surface area contributed by atoms with Crippen LogP contribution in [0.5, 0.6) is 0 Å². The summed E-state index contributed by atoms with van der Waals surface area (Å²) in [5, 5.41) is 15.0. The topological polar surface area (TPSA) is 101 Å². The van der Waals surface area contributed by atoms with Gasteiger partial charge in [-0.25, -0.2) is 4.98 Å². The predicted molar refractivity (Wildman–Crippen MR) is 45.3 cm³/mol. The fraction of sp³-hybridized carbons (Fsp3) is 0.167. The van der Waals surface area contributed by atoms with Gasteiger partial charge in [0.15, 0.2) is 0 Å². The minimum atomic E-state index is -0.451. The Morgan fingerprint density at radius 2 is 2.50 bits per heavy atom. The van der Waals surface area contributed by atoms with Crippen LogP contribution in [-0.2, 0) is 7.05 Å². The molecule has 8 nitrogen and oxygen atoms in total. The zero-order chi connectivity index (χ0) is 9.97. The van der Waals surface area contributed by atoms with E-state index in [4.69, 9.17) is 0 Å². The summed E-state index contributed by atoms with van der Waals surface area (Å²) in [4.78, 5) is 15.3. The summed E-state index contributed by atoms with van der Waals surface area (Å²) in [6.45, 7) is 0. The van der Waals surface area contributed by atoms with Crippen molar-refractivity contribution in [2.75, 3.05) is 5.32 Å². The molecule has 8 heteroatoms. The molecule has 0 aromatic carbocycles. The van der Waals surface area contributed by atoms with Crippen molar-refractivity contribution in [1.29, 1.82) is 0 Å². The summed E-state index contributed by atoms with van der Waals surface area (Å²) >= 11 is 0. The molecule has 0 fully saturated rings. The number of hydrogen-bond donors (Lipinski definition) is 2. The molecule has 2 aromatic rings. The van der Waals surface area contributed by atoms with Gasteiger partial charge >= 0.3 is 0 Å². The number of carbonyl (C=O) groups is 1. The Labute approximate surface area is 78.3 Å². The molecule has 2 N–H and O–H groups in total. The standard InChI is InChI=1S/C6H7N7O/c1-13-3-2-7-6(13)8-5(14)4-9-11-12-10-4/h2-3H,1H3,(H,7,8,14)(H,9,10,11,12). The zero-order valence-corrected chi connectivity index (χ0v) is 7.30. The molecule has 0 saturated heterocycles. The lowest BCUT2D eigenvalue weighted by molar-refractivity contribution is 0.101. The van der Waals surface area contributed by atoms with Crippen LogP contribution in [-0.4, -0.2) is 36.1 Å². The number of aromatic amines is 1. The Bertz CT molecular complexity index is 431. The van der Waals surface area contributed by atoms with Gasteiger partial charge in [0.25, 0.3) is 11.7 Å². The van der Waals surface area contributed by atoms with Crippen LogP contribution in [0.3, 0.4) is 0 Å². The van der Waals surface area contributed by atoms with Crippen molar-refractivity contribution in [3.8, 4) is 0 Å². The van der Waals surface area contributed by atoms with E-state index in [-0.39, 0.29) is 5.82 Å². The smallest absolute Gasteiger partial charge is 0.299 e. The van der Waals surface area contributed by atoms with Gasteiger partial charge in [-0.15, -0.1) is 10.2 Å². The van der Waals surface area contributed by atoms with Crippen molar-refractivity contribution in [1.82, 2.24) is 30.2 Å². The molecule has 2 heterocycles. The number of hydrogen-bond acceptors (Lipinski definition) is 5. The molecule has 0 aliphatic heterocycles. The lowest BCUT2D eigenvalue weighted by Gasteiger charge is -2.00. The first-order chi connectivity index (χ1) is 6.77. The highest BCUT2D eigenvalue weighted by atomic mass is 16.2. The van der Waals surface area contributed by atoms with E-state index in [1.807, 2.05) is 0 Å². The summed E-state index contributed by atoms with van der Waals surface area (Å²) in [5.41, 5.74) is 0. The number of anilines is 1. The van der Waals surface area contributed by atoms with E-state index in [1.165, 1.54) is 0 Å². The molecule has 0 spiro atoms. The maximum absolute atomic E-state index is 11.4. The second-order valence-electron chi connectivity index (χ2n) is 2.55. The summed E-state index contributed by atoms with van der Waals surface area (Å²) in [6, 6.07) is 0. The summed E-state index contributed by atoms with van der Waals surface area (Å²) in [6.07, 6.45) is 3.29. The number of nitrogens with zero attached hydrogens (tertiary/aromatic N) is 5. The predicted octanol–water partition coefficient (Wildman–Crippen LogP) is -0.815. The molecule has 0 radical (unpaired) electrons. The number of tetrazole rings is 1. The third-order valence-corrected chi connectivity index (χ3v) is 1.59. The van der Waals surface area contributed by atoms with Crippen molar-refractivity contribution in [3.63, 3.8) is 0 Å². The molecule has 72 valence electrons. The normalized spacial score (nSPS) is 10.1. The second-order valence-corrected chi connectivity index (χ2v) is 2.55. The highest BCUT2D eigenvalue weighted by Crippen LogP contribution is 2.01. The van der Waals surface area contributed by atoms with Gasteiger partial charge in [0, 0.05) is 19.4 Å². The zero-order valence-electron chi connectivity index (χ0n) is 7.30. The number of H-pyrrole nitrogens is 1. The van der Waals surface area contributed by atoms with Gasteiger partial charge in [-0.2, -0.15) is 5.21 Å². The fourth-order valence-corrected chi connectivity index (χ4v) is 0.901. The monoisotopic (exact) mass is 193 g/mol.